The molecule has 4 aliphatic carbocycles. The average Bonchev–Trinajstić information content (AvgIpc) is 2.28. The highest BCUT2D eigenvalue weighted by molar-refractivity contribution is 7.65. The van der Waals surface area contributed by atoms with Gasteiger partial charge in [-0.15, -0.1) is 0 Å². The van der Waals surface area contributed by atoms with Crippen LogP contribution in [0.4, 0.5) is 0 Å². The summed E-state index contributed by atoms with van der Waals surface area (Å²) >= 11 is 0. The fourth-order valence-electron chi connectivity index (χ4n) is 6.06. The Hall–Kier alpha value is 0.230. The van der Waals surface area contributed by atoms with E-state index in [1.807, 2.05) is 0 Å². The molecule has 1 saturated heterocycles. The molecule has 0 aromatic heterocycles. The molecule has 17 heavy (non-hydrogen) atoms. The lowest BCUT2D eigenvalue weighted by atomic mass is 9.56. The van der Waals surface area contributed by atoms with Crippen molar-refractivity contribution in [2.24, 2.45) is 17.8 Å². The van der Waals surface area contributed by atoms with E-state index in [1.165, 1.54) is 57.8 Å². The highest BCUT2D eigenvalue weighted by atomic mass is 31.2. The van der Waals surface area contributed by atoms with Crippen LogP contribution in [0.2, 0.25) is 0 Å². The van der Waals surface area contributed by atoms with Crippen molar-refractivity contribution in [2.45, 2.75) is 62.9 Å². The molecule has 0 radical (unpaired) electrons. The molecule has 5 fully saturated rings. The summed E-state index contributed by atoms with van der Waals surface area (Å²) in [6.45, 7) is 0. The van der Waals surface area contributed by atoms with Crippen LogP contribution in [0.3, 0.4) is 0 Å². The normalized spacial score (nSPS) is 51.6. The molecule has 0 aromatic carbocycles. The Morgan fingerprint density at radius 3 is 1.71 bits per heavy atom. The van der Waals surface area contributed by atoms with E-state index >= 15 is 0 Å². The zero-order chi connectivity index (χ0) is 11.5. The van der Waals surface area contributed by atoms with Crippen molar-refractivity contribution >= 4 is 7.14 Å². The second kappa shape index (κ2) is 3.62. The van der Waals surface area contributed by atoms with Crippen molar-refractivity contribution in [3.05, 3.63) is 0 Å². The lowest BCUT2D eigenvalue weighted by Gasteiger charge is -2.59. The molecule has 5 rings (SSSR count). The van der Waals surface area contributed by atoms with Crippen LogP contribution in [0.15, 0.2) is 0 Å². The summed E-state index contributed by atoms with van der Waals surface area (Å²) in [6.07, 6.45) is 14.6. The summed E-state index contributed by atoms with van der Waals surface area (Å²) in [7, 11) is -1.81. The van der Waals surface area contributed by atoms with E-state index < -0.39 is 7.14 Å². The van der Waals surface area contributed by atoms with E-state index in [1.54, 1.807) is 0 Å². The van der Waals surface area contributed by atoms with E-state index in [2.05, 4.69) is 0 Å². The zero-order valence-electron chi connectivity index (χ0n) is 10.9. The maximum Gasteiger partial charge on any atom is 0.0936 e. The van der Waals surface area contributed by atoms with Crippen molar-refractivity contribution < 1.29 is 4.57 Å². The summed E-state index contributed by atoms with van der Waals surface area (Å²) in [5, 5.41) is 0.363. The molecule has 1 nitrogen and oxygen atoms in total. The maximum atomic E-state index is 13.5. The Labute approximate surface area is 105 Å². The molecule has 0 N–H and O–H groups in total. The highest BCUT2D eigenvalue weighted by Gasteiger charge is 2.58. The molecular weight excluding hydrogens is 227 g/mol. The third-order valence-electron chi connectivity index (χ3n) is 6.41. The Morgan fingerprint density at radius 1 is 0.765 bits per heavy atom. The van der Waals surface area contributed by atoms with Crippen LogP contribution in [0.1, 0.15) is 57.8 Å². The van der Waals surface area contributed by atoms with Gasteiger partial charge in [-0.2, -0.15) is 0 Å². The minimum Gasteiger partial charge on any atom is -0.323 e. The van der Waals surface area contributed by atoms with Crippen LogP contribution in [-0.2, 0) is 4.57 Å². The van der Waals surface area contributed by atoms with Crippen molar-refractivity contribution in [3.8, 4) is 0 Å². The van der Waals surface area contributed by atoms with Gasteiger partial charge in [-0.3, -0.25) is 0 Å². The molecule has 5 aliphatic rings. The van der Waals surface area contributed by atoms with E-state index in [4.69, 9.17) is 0 Å². The Balaban J connectivity index is 1.69. The third kappa shape index (κ3) is 1.54. The summed E-state index contributed by atoms with van der Waals surface area (Å²) in [4.78, 5) is 0. The van der Waals surface area contributed by atoms with Crippen LogP contribution >= 0.6 is 7.14 Å². The minimum absolute atomic E-state index is 0.363. The van der Waals surface area contributed by atoms with Crippen molar-refractivity contribution in [1.29, 1.82) is 0 Å². The average molecular weight is 252 g/mol. The van der Waals surface area contributed by atoms with E-state index in [0.29, 0.717) is 5.16 Å². The molecule has 0 amide bonds. The van der Waals surface area contributed by atoms with Gasteiger partial charge >= 0.3 is 0 Å². The SMILES string of the molecule is O=P1(C23CC4CC(CC(C4)C2)C3)CCCCC1. The molecular formula is C15H25OP. The lowest BCUT2D eigenvalue weighted by Crippen LogP contribution is -2.51. The first-order chi connectivity index (χ1) is 8.19. The van der Waals surface area contributed by atoms with Crippen molar-refractivity contribution in [2.75, 3.05) is 12.3 Å². The number of rotatable bonds is 1. The Morgan fingerprint density at radius 2 is 1.24 bits per heavy atom. The third-order valence-corrected chi connectivity index (χ3v) is 10.8. The topological polar surface area (TPSA) is 17.1 Å². The Kier molecular flexibility index (Phi) is 2.36. The first kappa shape index (κ1) is 11.1. The van der Waals surface area contributed by atoms with Gasteiger partial charge in [0.05, 0.1) is 7.14 Å². The monoisotopic (exact) mass is 252 g/mol. The molecule has 2 heteroatoms. The maximum absolute atomic E-state index is 13.5. The predicted octanol–water partition coefficient (Wildman–Crippen LogP) is 4.50. The van der Waals surface area contributed by atoms with Crippen LogP contribution < -0.4 is 0 Å². The highest BCUT2D eigenvalue weighted by Crippen LogP contribution is 2.73. The van der Waals surface area contributed by atoms with Gasteiger partial charge in [0.15, 0.2) is 0 Å². The smallest absolute Gasteiger partial charge is 0.0936 e. The van der Waals surface area contributed by atoms with Crippen molar-refractivity contribution in [3.63, 3.8) is 0 Å². The first-order valence-corrected chi connectivity index (χ1v) is 9.85. The van der Waals surface area contributed by atoms with E-state index in [9.17, 15) is 4.57 Å². The van der Waals surface area contributed by atoms with Gasteiger partial charge in [0, 0.05) is 17.5 Å². The summed E-state index contributed by atoms with van der Waals surface area (Å²) in [5.41, 5.74) is 0. The van der Waals surface area contributed by atoms with Crippen molar-refractivity contribution in [1.82, 2.24) is 0 Å². The minimum atomic E-state index is -1.81. The predicted molar refractivity (Wildman–Crippen MR) is 72.1 cm³/mol. The second-order valence-corrected chi connectivity index (χ2v) is 11.2. The van der Waals surface area contributed by atoms with Crippen LogP contribution in [0, 0.1) is 17.8 Å². The van der Waals surface area contributed by atoms with Gasteiger partial charge < -0.3 is 4.57 Å². The molecule has 4 bridgehead atoms. The molecule has 0 atom stereocenters. The van der Waals surface area contributed by atoms with Gasteiger partial charge in [0.25, 0.3) is 0 Å². The zero-order valence-corrected chi connectivity index (χ0v) is 11.8. The molecule has 0 spiro atoms. The summed E-state index contributed by atoms with van der Waals surface area (Å²) < 4.78 is 13.5. The fourth-order valence-corrected chi connectivity index (χ4v) is 10.5. The van der Waals surface area contributed by atoms with Gasteiger partial charge in [-0.1, -0.05) is 6.42 Å². The fraction of sp³-hybridized carbons (Fsp3) is 1.00. The van der Waals surface area contributed by atoms with Crippen LogP contribution in [0.5, 0.6) is 0 Å². The molecule has 1 aliphatic heterocycles. The first-order valence-electron chi connectivity index (χ1n) is 7.77. The van der Waals surface area contributed by atoms with Crippen LogP contribution in [-0.4, -0.2) is 17.5 Å². The lowest BCUT2D eigenvalue weighted by molar-refractivity contribution is 0.0325. The quantitative estimate of drug-likeness (QED) is 0.628. The standard InChI is InChI=1S/C15H25OP/c16-17(4-2-1-3-5-17)15-9-12-6-13(10-15)8-14(7-12)11-15/h12-14H,1-11H2. The van der Waals surface area contributed by atoms with Crippen LogP contribution in [0.25, 0.3) is 0 Å². The molecule has 96 valence electrons. The van der Waals surface area contributed by atoms with E-state index in [-0.39, 0.29) is 0 Å². The Bertz CT molecular complexity index is 328. The largest absolute Gasteiger partial charge is 0.323 e. The molecule has 0 aromatic rings. The van der Waals surface area contributed by atoms with E-state index in [0.717, 1.165) is 30.1 Å². The number of hydrogen-bond donors (Lipinski definition) is 0. The molecule has 1 heterocycles. The van der Waals surface area contributed by atoms with Gasteiger partial charge in [-0.05, 0) is 69.1 Å². The number of hydrogen-bond acceptors (Lipinski definition) is 1. The molecule has 0 unspecified atom stereocenters. The van der Waals surface area contributed by atoms with Gasteiger partial charge in [0.2, 0.25) is 0 Å². The van der Waals surface area contributed by atoms with Gasteiger partial charge in [0.1, 0.15) is 0 Å². The summed E-state index contributed by atoms with van der Waals surface area (Å²) in [5.74, 6) is 2.90. The molecule has 4 saturated carbocycles. The van der Waals surface area contributed by atoms with Gasteiger partial charge in [-0.25, -0.2) is 0 Å². The summed E-state index contributed by atoms with van der Waals surface area (Å²) in [6, 6.07) is 0. The second-order valence-electron chi connectivity index (χ2n) is 7.54.